The van der Waals surface area contributed by atoms with E-state index in [4.69, 9.17) is 5.11 Å². The number of hydrogen-bond acceptors (Lipinski definition) is 3. The van der Waals surface area contributed by atoms with E-state index < -0.39 is 23.2 Å². The van der Waals surface area contributed by atoms with Crippen molar-refractivity contribution in [2.24, 2.45) is 0 Å². The highest BCUT2D eigenvalue weighted by atomic mass is 32.1. The van der Waals surface area contributed by atoms with E-state index in [1.54, 1.807) is 11.3 Å². The van der Waals surface area contributed by atoms with Gasteiger partial charge in [-0.15, -0.1) is 11.3 Å². The number of thiophene rings is 1. The van der Waals surface area contributed by atoms with Crippen molar-refractivity contribution < 1.29 is 18.7 Å². The summed E-state index contributed by atoms with van der Waals surface area (Å²) in [4.78, 5) is 13.2. The van der Waals surface area contributed by atoms with Crippen LogP contribution < -0.4 is 5.32 Å². The zero-order valence-electron chi connectivity index (χ0n) is 11.1. The van der Waals surface area contributed by atoms with E-state index in [1.165, 1.54) is 22.9 Å². The molecule has 2 N–H and O–H groups in total. The summed E-state index contributed by atoms with van der Waals surface area (Å²) in [7, 11) is 0. The molecule has 2 aromatic rings. The van der Waals surface area contributed by atoms with Crippen molar-refractivity contribution in [3.8, 4) is 0 Å². The first-order valence-electron chi connectivity index (χ1n) is 6.62. The van der Waals surface area contributed by atoms with Gasteiger partial charge >= 0.3 is 5.97 Å². The van der Waals surface area contributed by atoms with Gasteiger partial charge in [0.1, 0.15) is 0 Å². The topological polar surface area (TPSA) is 49.3 Å². The Labute approximate surface area is 124 Å². The maximum absolute atomic E-state index is 13.8. The molecule has 0 unspecified atom stereocenters. The number of carbonyl (C=O) groups is 1. The predicted molar refractivity (Wildman–Crippen MR) is 77.0 cm³/mol. The lowest BCUT2D eigenvalue weighted by molar-refractivity contribution is 0.0690. The van der Waals surface area contributed by atoms with Gasteiger partial charge in [-0.1, -0.05) is 0 Å². The molecule has 21 heavy (non-hydrogen) atoms. The highest BCUT2D eigenvalue weighted by Gasteiger charge is 2.18. The van der Waals surface area contributed by atoms with Gasteiger partial charge in [0, 0.05) is 16.3 Å². The molecule has 6 heteroatoms. The van der Waals surface area contributed by atoms with Crippen LogP contribution in [-0.4, -0.2) is 11.1 Å². The second-order valence-corrected chi connectivity index (χ2v) is 6.18. The first kappa shape index (κ1) is 14.0. The Kier molecular flexibility index (Phi) is 3.63. The summed E-state index contributed by atoms with van der Waals surface area (Å²) in [5.41, 5.74) is 0.670. The van der Waals surface area contributed by atoms with Crippen LogP contribution in [0.15, 0.2) is 18.2 Å². The number of nitrogens with one attached hydrogen (secondary N) is 1. The fraction of sp³-hybridized carbons (Fsp3) is 0.267. The first-order valence-corrected chi connectivity index (χ1v) is 7.43. The van der Waals surface area contributed by atoms with Gasteiger partial charge in [-0.25, -0.2) is 13.6 Å². The monoisotopic (exact) mass is 309 g/mol. The highest BCUT2D eigenvalue weighted by Crippen LogP contribution is 2.31. The summed E-state index contributed by atoms with van der Waals surface area (Å²) >= 11 is 1.69. The maximum Gasteiger partial charge on any atom is 0.338 e. The van der Waals surface area contributed by atoms with E-state index in [9.17, 15) is 13.6 Å². The van der Waals surface area contributed by atoms with E-state index in [1.807, 2.05) is 0 Å². The smallest absolute Gasteiger partial charge is 0.338 e. The lowest BCUT2D eigenvalue weighted by Crippen LogP contribution is -2.07. The van der Waals surface area contributed by atoms with Crippen molar-refractivity contribution in [3.63, 3.8) is 0 Å². The van der Waals surface area contributed by atoms with Gasteiger partial charge in [-0.05, 0) is 43.0 Å². The average molecular weight is 309 g/mol. The molecule has 1 aromatic carbocycles. The number of carboxylic acids is 1. The molecule has 0 aliphatic heterocycles. The van der Waals surface area contributed by atoms with E-state index >= 15 is 0 Å². The number of fused-ring (bicyclic) bond motifs is 1. The summed E-state index contributed by atoms with van der Waals surface area (Å²) in [5.74, 6) is -3.96. The summed E-state index contributed by atoms with van der Waals surface area (Å²) in [6, 6.07) is 4.42. The molecular formula is C15H13F2NO2S. The molecule has 0 spiro atoms. The van der Waals surface area contributed by atoms with E-state index in [2.05, 4.69) is 11.4 Å². The van der Waals surface area contributed by atoms with Gasteiger partial charge in [0.25, 0.3) is 0 Å². The fourth-order valence-corrected chi connectivity index (χ4v) is 3.71. The van der Waals surface area contributed by atoms with Gasteiger partial charge in [0.05, 0.1) is 11.3 Å². The molecule has 0 saturated carbocycles. The molecule has 0 saturated heterocycles. The Hall–Kier alpha value is -1.95. The minimum absolute atomic E-state index is 0.0222. The average Bonchev–Trinajstić information content (AvgIpc) is 3.01. The third-order valence-corrected chi connectivity index (χ3v) is 4.80. The fourth-order valence-electron chi connectivity index (χ4n) is 2.51. The molecular weight excluding hydrogens is 296 g/mol. The quantitative estimate of drug-likeness (QED) is 0.902. The van der Waals surface area contributed by atoms with E-state index in [0.717, 1.165) is 23.8 Å². The number of halogens is 2. The van der Waals surface area contributed by atoms with Gasteiger partial charge in [-0.2, -0.15) is 0 Å². The molecule has 1 aliphatic carbocycles. The zero-order valence-corrected chi connectivity index (χ0v) is 11.9. The van der Waals surface area contributed by atoms with E-state index in [0.29, 0.717) is 6.54 Å². The van der Waals surface area contributed by atoms with Gasteiger partial charge in [0.2, 0.25) is 0 Å². The van der Waals surface area contributed by atoms with Crippen molar-refractivity contribution in [1.82, 2.24) is 0 Å². The van der Waals surface area contributed by atoms with Gasteiger partial charge < -0.3 is 10.4 Å². The number of hydrogen-bond donors (Lipinski definition) is 2. The molecule has 0 bridgehead atoms. The molecule has 1 heterocycles. The summed E-state index contributed by atoms with van der Waals surface area (Å²) in [6.45, 7) is 0.403. The Morgan fingerprint density at radius 1 is 1.29 bits per heavy atom. The van der Waals surface area contributed by atoms with Crippen LogP contribution in [-0.2, 0) is 19.4 Å². The molecule has 3 rings (SSSR count). The summed E-state index contributed by atoms with van der Waals surface area (Å²) in [5, 5.41) is 11.6. The third-order valence-electron chi connectivity index (χ3n) is 3.56. The number of aryl methyl sites for hydroxylation is 2. The molecule has 0 atom stereocenters. The van der Waals surface area contributed by atoms with Crippen LogP contribution in [0.2, 0.25) is 0 Å². The minimum atomic E-state index is -1.48. The zero-order chi connectivity index (χ0) is 15.0. The van der Waals surface area contributed by atoms with Crippen LogP contribution in [0, 0.1) is 11.6 Å². The Balaban J connectivity index is 1.75. The van der Waals surface area contributed by atoms with E-state index in [-0.39, 0.29) is 5.69 Å². The molecule has 3 nitrogen and oxygen atoms in total. The Morgan fingerprint density at radius 3 is 2.81 bits per heavy atom. The maximum atomic E-state index is 13.8. The van der Waals surface area contributed by atoms with Crippen molar-refractivity contribution >= 4 is 23.0 Å². The van der Waals surface area contributed by atoms with Crippen LogP contribution in [0.4, 0.5) is 14.5 Å². The Morgan fingerprint density at radius 2 is 2.10 bits per heavy atom. The standard InChI is InChI=1S/C15H13F2NO2S/c16-13-10(15(19)20)4-5-11(14(13)17)18-7-9-6-8-2-1-3-12(8)21-9/h4-6,18H,1-3,7H2,(H,19,20). The molecule has 1 aliphatic rings. The van der Waals surface area contributed by atoms with Crippen LogP contribution in [0.25, 0.3) is 0 Å². The second kappa shape index (κ2) is 5.44. The minimum Gasteiger partial charge on any atom is -0.478 e. The number of benzene rings is 1. The summed E-state index contributed by atoms with van der Waals surface area (Å²) < 4.78 is 27.4. The second-order valence-electron chi connectivity index (χ2n) is 4.96. The predicted octanol–water partition coefficient (Wildman–Crippen LogP) is 3.83. The number of rotatable bonds is 4. The van der Waals surface area contributed by atoms with Crippen LogP contribution in [0.5, 0.6) is 0 Å². The normalized spacial score (nSPS) is 13.2. The van der Waals surface area contributed by atoms with Gasteiger partial charge in [0.15, 0.2) is 11.6 Å². The van der Waals surface area contributed by atoms with Crippen molar-refractivity contribution in [3.05, 3.63) is 50.7 Å². The van der Waals surface area contributed by atoms with Gasteiger partial charge in [-0.3, -0.25) is 0 Å². The van der Waals surface area contributed by atoms with Crippen molar-refractivity contribution in [2.75, 3.05) is 5.32 Å². The third kappa shape index (κ3) is 2.63. The number of carboxylic acid groups (broad SMARTS) is 1. The first-order chi connectivity index (χ1) is 10.1. The number of anilines is 1. The highest BCUT2D eigenvalue weighted by molar-refractivity contribution is 7.12. The van der Waals surface area contributed by atoms with Crippen molar-refractivity contribution in [1.29, 1.82) is 0 Å². The lowest BCUT2D eigenvalue weighted by Gasteiger charge is -2.08. The largest absolute Gasteiger partial charge is 0.478 e. The Bertz CT molecular complexity index is 690. The SMILES string of the molecule is O=C(O)c1ccc(NCc2cc3c(s2)CCC3)c(F)c1F. The van der Waals surface area contributed by atoms with Crippen molar-refractivity contribution in [2.45, 2.75) is 25.8 Å². The molecule has 1 aromatic heterocycles. The van der Waals surface area contributed by atoms with Crippen LogP contribution in [0.1, 0.15) is 32.1 Å². The van der Waals surface area contributed by atoms with Crippen LogP contribution >= 0.6 is 11.3 Å². The molecule has 0 radical (unpaired) electrons. The van der Waals surface area contributed by atoms with Crippen LogP contribution in [0.3, 0.4) is 0 Å². The molecule has 0 fully saturated rings. The molecule has 110 valence electrons. The molecule has 0 amide bonds. The summed E-state index contributed by atoms with van der Waals surface area (Å²) in [6.07, 6.45) is 3.36. The lowest BCUT2D eigenvalue weighted by atomic mass is 10.2. The number of aromatic carboxylic acids is 1.